The second kappa shape index (κ2) is 22.7. The van der Waals surface area contributed by atoms with E-state index in [4.69, 9.17) is 9.05 Å². The maximum absolute atomic E-state index is 11.3. The van der Waals surface area contributed by atoms with E-state index < -0.39 is 0 Å². The van der Waals surface area contributed by atoms with Gasteiger partial charge in [0.1, 0.15) is 5.78 Å². The number of carbonyl (C=O) groups is 1. The molecule has 0 aliphatic carbocycles. The number of rotatable bonds is 10. The van der Waals surface area contributed by atoms with E-state index in [1.165, 1.54) is 6.42 Å². The van der Waals surface area contributed by atoms with E-state index in [2.05, 4.69) is 46.1 Å². The Morgan fingerprint density at radius 2 is 1.39 bits per heavy atom. The molecular weight excluding hydrogens is 480 g/mol. The number of ketones is 1. The van der Waals surface area contributed by atoms with Crippen molar-refractivity contribution in [3.05, 3.63) is 6.42 Å². The first-order chi connectivity index (χ1) is 9.74. The Morgan fingerprint density at radius 3 is 1.74 bits per heavy atom. The fourth-order valence-electron chi connectivity index (χ4n) is 1.57. The van der Waals surface area contributed by atoms with Gasteiger partial charge in [0.15, 0.2) is 0 Å². The molecule has 0 rings (SSSR count). The first-order valence-electron chi connectivity index (χ1n) is 7.73. The summed E-state index contributed by atoms with van der Waals surface area (Å²) >= 11 is 0. The van der Waals surface area contributed by atoms with Crippen molar-refractivity contribution in [2.45, 2.75) is 54.4 Å². The van der Waals surface area contributed by atoms with Crippen LogP contribution in [0.15, 0.2) is 0 Å². The van der Waals surface area contributed by atoms with Crippen molar-refractivity contribution < 1.29 is 79.3 Å². The van der Waals surface area contributed by atoms with Gasteiger partial charge in [-0.1, -0.05) is 47.5 Å². The van der Waals surface area contributed by atoms with Crippen LogP contribution in [0.5, 0.6) is 0 Å². The van der Waals surface area contributed by atoms with Crippen LogP contribution >= 0.6 is 18.9 Å². The van der Waals surface area contributed by atoms with Crippen LogP contribution in [-0.2, 0) is 79.3 Å². The first-order valence-corrected chi connectivity index (χ1v) is 8.68. The number of hydrogen-bond acceptors (Lipinski definition) is 3. The Morgan fingerprint density at radius 1 is 0.913 bits per heavy atom. The predicted octanol–water partition coefficient (Wildman–Crippen LogP) is 4.72. The summed E-state index contributed by atoms with van der Waals surface area (Å²) in [5.74, 6) is 2.14. The van der Waals surface area contributed by atoms with Gasteiger partial charge in [0, 0.05) is 103 Å². The molecule has 23 heavy (non-hydrogen) atoms. The summed E-state index contributed by atoms with van der Waals surface area (Å²) in [7, 11) is 4.44. The largest absolute Gasteiger partial charge is 0.368 e. The van der Waals surface area contributed by atoms with Crippen LogP contribution in [0, 0.1) is 30.1 Å². The molecule has 0 aliphatic rings. The monoisotopic (exact) mass is 515 g/mol. The predicted molar refractivity (Wildman–Crippen MR) is 97.9 cm³/mol. The SMILES string of the molecule is CC(C)CC(=O)C(C)COP.CC(C)C[CH-]C(C)COP.[Y].[Y]. The molecule has 0 heterocycles. The maximum Gasteiger partial charge on any atom is 0.138 e. The summed E-state index contributed by atoms with van der Waals surface area (Å²) in [6.07, 6.45) is 4.17. The molecule has 0 aromatic rings. The number of hydrogen-bond donors (Lipinski definition) is 0. The van der Waals surface area contributed by atoms with E-state index in [1.807, 2.05) is 20.8 Å². The summed E-state index contributed by atoms with van der Waals surface area (Å²) in [6.45, 7) is 13.9. The van der Waals surface area contributed by atoms with Crippen molar-refractivity contribution in [3.63, 3.8) is 0 Å². The average molecular weight is 515 g/mol. The minimum Gasteiger partial charge on any atom is -0.368 e. The zero-order valence-electron chi connectivity index (χ0n) is 15.7. The zero-order valence-corrected chi connectivity index (χ0v) is 23.7. The molecule has 7 heteroatoms. The topological polar surface area (TPSA) is 35.5 Å². The average Bonchev–Trinajstić information content (AvgIpc) is 2.37. The normalized spacial score (nSPS) is 12.6. The summed E-state index contributed by atoms with van der Waals surface area (Å²) < 4.78 is 9.72. The molecule has 0 saturated carbocycles. The fraction of sp³-hybridized carbons (Fsp3) is 0.875. The van der Waals surface area contributed by atoms with E-state index >= 15 is 0 Å². The van der Waals surface area contributed by atoms with Gasteiger partial charge in [0.25, 0.3) is 0 Å². The smallest absolute Gasteiger partial charge is 0.138 e. The number of carbonyl (C=O) groups excluding carboxylic acids is 1. The van der Waals surface area contributed by atoms with E-state index in [0.717, 1.165) is 12.5 Å². The third-order valence-electron chi connectivity index (χ3n) is 2.87. The molecule has 0 aromatic carbocycles. The minimum atomic E-state index is 0. The second-order valence-electron chi connectivity index (χ2n) is 6.47. The molecule has 0 saturated heterocycles. The van der Waals surface area contributed by atoms with Crippen LogP contribution in [-0.4, -0.2) is 19.0 Å². The molecule has 0 fully saturated rings. The Hall–Kier alpha value is 2.66. The van der Waals surface area contributed by atoms with Gasteiger partial charge in [-0.3, -0.25) is 4.79 Å². The second-order valence-corrected chi connectivity index (χ2v) is 7.14. The Kier molecular flexibility index (Phi) is 32.8. The number of Topliss-reactive ketones (excluding diaryl/α,β-unsaturated/α-hetero) is 1. The first kappa shape index (κ1) is 33.3. The molecule has 0 aromatic heterocycles. The molecule has 0 aliphatic heterocycles. The van der Waals surface area contributed by atoms with Crippen LogP contribution in [0.4, 0.5) is 0 Å². The molecule has 134 valence electrons. The Balaban J connectivity index is -0.000000145. The molecule has 2 radical (unpaired) electrons. The van der Waals surface area contributed by atoms with Gasteiger partial charge >= 0.3 is 0 Å². The van der Waals surface area contributed by atoms with Crippen molar-refractivity contribution in [1.29, 1.82) is 0 Å². The van der Waals surface area contributed by atoms with Crippen molar-refractivity contribution >= 4 is 24.7 Å². The standard InChI is InChI=1S/C8H17O2P.C8H18OP.2Y/c1-6(2)4-8(9)7(3)5-10-11;1-7(2)4-5-8(3)6-9-10;;/h6-7H,4-5,11H2,1-3H3;5,7-8H,4,6,10H2,1-3H3;;/q;-1;;. The maximum atomic E-state index is 11.3. The van der Waals surface area contributed by atoms with Crippen LogP contribution < -0.4 is 0 Å². The third-order valence-corrected chi connectivity index (χ3v) is 3.26. The molecule has 0 N–H and O–H groups in total. The molecular formula is C16H35O3P2Y2-. The van der Waals surface area contributed by atoms with Crippen LogP contribution in [0.3, 0.4) is 0 Å². The summed E-state index contributed by atoms with van der Waals surface area (Å²) in [6, 6.07) is 0. The quantitative estimate of drug-likeness (QED) is 0.312. The summed E-state index contributed by atoms with van der Waals surface area (Å²) in [5, 5.41) is 0. The van der Waals surface area contributed by atoms with Crippen molar-refractivity contribution in [2.24, 2.45) is 23.7 Å². The minimum absolute atomic E-state index is 0. The Labute approximate surface area is 199 Å². The third kappa shape index (κ3) is 27.0. The van der Waals surface area contributed by atoms with Crippen molar-refractivity contribution in [2.75, 3.05) is 13.2 Å². The molecule has 3 nitrogen and oxygen atoms in total. The molecule has 0 amide bonds. The van der Waals surface area contributed by atoms with Crippen LogP contribution in [0.2, 0.25) is 0 Å². The van der Waals surface area contributed by atoms with Crippen LogP contribution in [0.1, 0.15) is 54.4 Å². The van der Waals surface area contributed by atoms with E-state index in [1.54, 1.807) is 0 Å². The van der Waals surface area contributed by atoms with Gasteiger partial charge in [-0.2, -0.15) is 6.42 Å². The molecule has 0 bridgehead atoms. The summed E-state index contributed by atoms with van der Waals surface area (Å²) in [5.41, 5.74) is 0. The van der Waals surface area contributed by atoms with Gasteiger partial charge in [-0.25, -0.2) is 0 Å². The molecule has 4 unspecified atom stereocenters. The molecule has 4 atom stereocenters. The van der Waals surface area contributed by atoms with Crippen molar-refractivity contribution in [3.8, 4) is 0 Å². The van der Waals surface area contributed by atoms with E-state index in [0.29, 0.717) is 30.6 Å². The fourth-order valence-corrected chi connectivity index (χ4v) is 2.16. The van der Waals surface area contributed by atoms with Gasteiger partial charge in [0.2, 0.25) is 0 Å². The van der Waals surface area contributed by atoms with Gasteiger partial charge in [0.05, 0.1) is 6.61 Å². The summed E-state index contributed by atoms with van der Waals surface area (Å²) in [4.78, 5) is 11.3. The molecule has 0 spiro atoms. The van der Waals surface area contributed by atoms with Gasteiger partial charge in [-0.05, 0) is 5.92 Å². The van der Waals surface area contributed by atoms with Gasteiger partial charge < -0.3 is 15.5 Å². The zero-order chi connectivity index (χ0) is 16.8. The van der Waals surface area contributed by atoms with E-state index in [-0.39, 0.29) is 71.3 Å². The van der Waals surface area contributed by atoms with Crippen molar-refractivity contribution in [1.82, 2.24) is 0 Å². The van der Waals surface area contributed by atoms with Gasteiger partial charge in [-0.15, -0.1) is 5.92 Å². The van der Waals surface area contributed by atoms with Crippen LogP contribution in [0.25, 0.3) is 0 Å². The Bertz CT molecular complexity index is 255. The van der Waals surface area contributed by atoms with E-state index in [9.17, 15) is 4.79 Å².